The Hall–Kier alpha value is -3.68. The minimum atomic E-state index is -0.753. The Balaban J connectivity index is 1.50. The maximum absolute atomic E-state index is 13.7. The molecule has 8 nitrogen and oxygen atoms in total. The first-order chi connectivity index (χ1) is 17.2. The van der Waals surface area contributed by atoms with Crippen molar-refractivity contribution in [1.29, 1.82) is 0 Å². The van der Waals surface area contributed by atoms with Crippen LogP contribution in [-0.2, 0) is 9.59 Å². The second kappa shape index (κ2) is 10.5. The van der Waals surface area contributed by atoms with Crippen LogP contribution in [0, 0.1) is 5.92 Å². The number of ketones is 1. The third kappa shape index (κ3) is 5.12. The van der Waals surface area contributed by atoms with Crippen molar-refractivity contribution in [2.45, 2.75) is 44.8 Å². The van der Waals surface area contributed by atoms with Crippen LogP contribution < -0.4 is 10.2 Å². The fourth-order valence-corrected chi connectivity index (χ4v) is 5.13. The lowest BCUT2D eigenvalue weighted by molar-refractivity contribution is -0.138. The first-order valence-corrected chi connectivity index (χ1v) is 12.4. The molecule has 2 saturated heterocycles. The molecule has 3 amide bonds. The smallest absolute Gasteiger partial charge is 0.254 e. The van der Waals surface area contributed by atoms with Crippen molar-refractivity contribution >= 4 is 29.2 Å². The summed E-state index contributed by atoms with van der Waals surface area (Å²) < 4.78 is 0. The molecule has 2 aliphatic heterocycles. The number of nitrogens with one attached hydrogen (secondary N) is 1. The Labute approximate surface area is 212 Å². The summed E-state index contributed by atoms with van der Waals surface area (Å²) in [5.41, 5.74) is 1.97. The zero-order valence-electron chi connectivity index (χ0n) is 21.3. The Morgan fingerprint density at radius 2 is 1.64 bits per heavy atom. The van der Waals surface area contributed by atoms with Gasteiger partial charge in [-0.2, -0.15) is 0 Å². The summed E-state index contributed by atoms with van der Waals surface area (Å²) in [5, 5.41) is 2.91. The second-order valence-electron chi connectivity index (χ2n) is 10.2. The molecular weight excluding hydrogens is 456 g/mol. The summed E-state index contributed by atoms with van der Waals surface area (Å²) in [5.74, 6) is -0.766. The molecule has 0 saturated carbocycles. The predicted molar refractivity (Wildman–Crippen MR) is 138 cm³/mol. The molecule has 0 aliphatic carbocycles. The predicted octanol–water partition coefficient (Wildman–Crippen LogP) is 2.59. The Morgan fingerprint density at radius 3 is 2.25 bits per heavy atom. The molecule has 1 N–H and O–H groups in total. The maximum atomic E-state index is 13.7. The third-order valence-electron chi connectivity index (χ3n) is 6.94. The lowest BCUT2D eigenvalue weighted by atomic mass is 10.0. The number of likely N-dealkylation sites (tertiary alicyclic amines) is 2. The van der Waals surface area contributed by atoms with Gasteiger partial charge in [0.25, 0.3) is 11.8 Å². The summed E-state index contributed by atoms with van der Waals surface area (Å²) in [6.45, 7) is 4.35. The molecule has 36 heavy (non-hydrogen) atoms. The van der Waals surface area contributed by atoms with Crippen LogP contribution in [0.15, 0.2) is 54.6 Å². The Morgan fingerprint density at radius 1 is 0.972 bits per heavy atom. The highest BCUT2D eigenvalue weighted by Crippen LogP contribution is 2.32. The maximum Gasteiger partial charge on any atom is 0.254 e. The monoisotopic (exact) mass is 490 g/mol. The number of hydrogen-bond donors (Lipinski definition) is 1. The van der Waals surface area contributed by atoms with E-state index >= 15 is 0 Å². The Bertz CT molecular complexity index is 1130. The van der Waals surface area contributed by atoms with E-state index in [9.17, 15) is 19.2 Å². The third-order valence-corrected chi connectivity index (χ3v) is 6.94. The van der Waals surface area contributed by atoms with E-state index in [0.717, 1.165) is 5.69 Å². The number of fused-ring (bicyclic) bond motifs is 1. The quantitative estimate of drug-likeness (QED) is 0.645. The average Bonchev–Trinajstić information content (AvgIpc) is 3.44. The van der Waals surface area contributed by atoms with Crippen molar-refractivity contribution in [3.8, 4) is 0 Å². The van der Waals surface area contributed by atoms with Crippen LogP contribution in [0.3, 0.4) is 0 Å². The number of Topliss-reactive ketones (excluding diaryl/α,β-unsaturated/α-hetero) is 1. The topological polar surface area (TPSA) is 90.0 Å². The summed E-state index contributed by atoms with van der Waals surface area (Å²) in [6, 6.07) is 14.3. The number of anilines is 1. The molecule has 1 unspecified atom stereocenters. The number of carbonyl (C=O) groups excluding carboxylic acids is 4. The summed E-state index contributed by atoms with van der Waals surface area (Å²) in [7, 11) is 3.85. The van der Waals surface area contributed by atoms with Gasteiger partial charge >= 0.3 is 0 Å². The number of carbonyl (C=O) groups is 4. The highest BCUT2D eigenvalue weighted by Gasteiger charge is 2.52. The van der Waals surface area contributed by atoms with Gasteiger partial charge in [-0.3, -0.25) is 19.2 Å². The number of rotatable bonds is 7. The lowest BCUT2D eigenvalue weighted by Crippen LogP contribution is -2.53. The minimum Gasteiger partial charge on any atom is -0.378 e. The van der Waals surface area contributed by atoms with E-state index in [1.807, 2.05) is 51.0 Å². The minimum absolute atomic E-state index is 0.00767. The summed E-state index contributed by atoms with van der Waals surface area (Å²) >= 11 is 0. The van der Waals surface area contributed by atoms with E-state index in [4.69, 9.17) is 0 Å². The Kier molecular flexibility index (Phi) is 7.43. The van der Waals surface area contributed by atoms with Crippen LogP contribution in [0.2, 0.25) is 0 Å². The molecule has 0 aromatic heterocycles. The molecule has 2 aromatic rings. The van der Waals surface area contributed by atoms with Gasteiger partial charge < -0.3 is 20.0 Å². The van der Waals surface area contributed by atoms with Crippen molar-refractivity contribution in [2.75, 3.05) is 32.1 Å². The molecule has 0 bridgehead atoms. The van der Waals surface area contributed by atoms with E-state index in [1.54, 1.807) is 46.2 Å². The van der Waals surface area contributed by atoms with Gasteiger partial charge in [0.15, 0.2) is 5.78 Å². The number of hydrogen-bond acceptors (Lipinski definition) is 5. The van der Waals surface area contributed by atoms with Crippen molar-refractivity contribution < 1.29 is 19.2 Å². The van der Waals surface area contributed by atoms with Crippen molar-refractivity contribution in [3.05, 3.63) is 65.7 Å². The van der Waals surface area contributed by atoms with Crippen molar-refractivity contribution in [3.63, 3.8) is 0 Å². The number of amides is 3. The average molecular weight is 491 g/mol. The number of benzene rings is 2. The van der Waals surface area contributed by atoms with Crippen molar-refractivity contribution in [2.24, 2.45) is 5.92 Å². The molecule has 4 rings (SSSR count). The zero-order chi connectivity index (χ0) is 26.0. The summed E-state index contributed by atoms with van der Waals surface area (Å²) in [4.78, 5) is 57.9. The van der Waals surface area contributed by atoms with Crippen LogP contribution in [0.25, 0.3) is 0 Å². The lowest BCUT2D eigenvalue weighted by Gasteiger charge is -2.29. The van der Waals surface area contributed by atoms with Gasteiger partial charge in [0.1, 0.15) is 12.1 Å². The second-order valence-corrected chi connectivity index (χ2v) is 10.2. The van der Waals surface area contributed by atoms with Crippen LogP contribution in [0.1, 0.15) is 47.4 Å². The van der Waals surface area contributed by atoms with Crippen LogP contribution in [0.5, 0.6) is 0 Å². The van der Waals surface area contributed by atoms with E-state index in [2.05, 4.69) is 5.32 Å². The molecule has 2 fully saturated rings. The van der Waals surface area contributed by atoms with E-state index < -0.39 is 12.1 Å². The normalized spacial score (nSPS) is 19.9. The van der Waals surface area contributed by atoms with Gasteiger partial charge in [-0.1, -0.05) is 32.0 Å². The fourth-order valence-electron chi connectivity index (χ4n) is 5.13. The first kappa shape index (κ1) is 25.4. The molecular formula is C28H34N4O4. The van der Waals surface area contributed by atoms with E-state index in [0.29, 0.717) is 30.5 Å². The first-order valence-electron chi connectivity index (χ1n) is 12.4. The molecule has 0 radical (unpaired) electrons. The number of nitrogens with zero attached hydrogens (tertiary/aromatic N) is 3. The fraction of sp³-hybridized carbons (Fsp3) is 0.429. The standard InChI is InChI=1S/C28H34N4O4/c1-18(2)16-22(29-26(34)19-10-12-21(13-11-19)30(3)4)28(36)31-15-14-23-25(31)24(33)17-32(23)27(35)20-8-6-5-7-9-20/h5-13,18,22-23,25H,14-17H2,1-4H3,(H,29,34)/t22-,23?,25-/m0/s1. The summed E-state index contributed by atoms with van der Waals surface area (Å²) in [6.07, 6.45) is 0.990. The van der Waals surface area contributed by atoms with Gasteiger partial charge in [0, 0.05) is 37.5 Å². The molecule has 8 heteroatoms. The molecule has 2 aromatic carbocycles. The molecule has 190 valence electrons. The molecule has 0 spiro atoms. The highest BCUT2D eigenvalue weighted by molar-refractivity contribution is 6.03. The molecule has 3 atom stereocenters. The van der Waals surface area contributed by atoms with Crippen LogP contribution in [-0.4, -0.2) is 78.6 Å². The molecule has 2 aliphatic rings. The van der Waals surface area contributed by atoms with Gasteiger partial charge in [-0.25, -0.2) is 0 Å². The van der Waals surface area contributed by atoms with Gasteiger partial charge in [-0.05, 0) is 55.2 Å². The van der Waals surface area contributed by atoms with Gasteiger partial charge in [0.2, 0.25) is 5.91 Å². The van der Waals surface area contributed by atoms with Gasteiger partial charge in [-0.15, -0.1) is 0 Å². The largest absolute Gasteiger partial charge is 0.378 e. The van der Waals surface area contributed by atoms with E-state index in [-0.39, 0.29) is 42.0 Å². The SMILES string of the molecule is CC(C)C[C@H](NC(=O)c1ccc(N(C)C)cc1)C(=O)N1CCC2[C@H]1C(=O)CN2C(=O)c1ccccc1. The van der Waals surface area contributed by atoms with Crippen LogP contribution in [0.4, 0.5) is 5.69 Å². The van der Waals surface area contributed by atoms with Gasteiger partial charge in [0.05, 0.1) is 12.6 Å². The van der Waals surface area contributed by atoms with E-state index in [1.165, 1.54) is 0 Å². The van der Waals surface area contributed by atoms with Crippen LogP contribution >= 0.6 is 0 Å². The zero-order valence-corrected chi connectivity index (χ0v) is 21.3. The molecule has 2 heterocycles. The van der Waals surface area contributed by atoms with Crippen molar-refractivity contribution in [1.82, 2.24) is 15.1 Å². The highest BCUT2D eigenvalue weighted by atomic mass is 16.2.